The molecule has 2 aromatic carbocycles. The van der Waals surface area contributed by atoms with Crippen LogP contribution in [-0.4, -0.2) is 35.9 Å². The van der Waals surface area contributed by atoms with E-state index in [0.29, 0.717) is 22.5 Å². The van der Waals surface area contributed by atoms with Crippen LogP contribution in [0.5, 0.6) is 5.75 Å². The molecule has 0 unspecified atom stereocenters. The van der Waals surface area contributed by atoms with E-state index in [1.54, 1.807) is 10.9 Å². The lowest BCUT2D eigenvalue weighted by Gasteiger charge is -2.09. The summed E-state index contributed by atoms with van der Waals surface area (Å²) in [7, 11) is 0. The number of hydrogen-bond acceptors (Lipinski definition) is 6. The Kier molecular flexibility index (Phi) is 3.70. The number of benzene rings is 2. The van der Waals surface area contributed by atoms with Crippen LogP contribution in [0.1, 0.15) is 10.4 Å². The summed E-state index contributed by atoms with van der Waals surface area (Å²) in [5, 5.41) is 27.1. The Morgan fingerprint density at radius 1 is 1.08 bits per heavy atom. The highest BCUT2D eigenvalue weighted by Gasteiger charge is 2.13. The van der Waals surface area contributed by atoms with E-state index in [-0.39, 0.29) is 11.3 Å². The van der Waals surface area contributed by atoms with Gasteiger partial charge in [-0.2, -0.15) is 5.10 Å². The van der Waals surface area contributed by atoms with Crippen molar-refractivity contribution in [2.45, 2.75) is 0 Å². The normalized spacial score (nSPS) is 10.8. The van der Waals surface area contributed by atoms with Crippen molar-refractivity contribution in [2.75, 3.05) is 5.32 Å². The van der Waals surface area contributed by atoms with Gasteiger partial charge in [-0.25, -0.2) is 19.4 Å². The molecule has 4 rings (SSSR count). The number of anilines is 2. The van der Waals surface area contributed by atoms with Crippen LogP contribution in [0, 0.1) is 0 Å². The number of carboxylic acid groups (broad SMARTS) is 1. The number of para-hydroxylation sites is 1. The largest absolute Gasteiger partial charge is 0.506 e. The van der Waals surface area contributed by atoms with Gasteiger partial charge in [0.25, 0.3) is 0 Å². The summed E-state index contributed by atoms with van der Waals surface area (Å²) < 4.78 is 1.69. The molecule has 0 fully saturated rings. The highest BCUT2D eigenvalue weighted by Crippen LogP contribution is 2.30. The highest BCUT2D eigenvalue weighted by molar-refractivity contribution is 5.91. The van der Waals surface area contributed by atoms with Gasteiger partial charge in [-0.15, -0.1) is 0 Å². The van der Waals surface area contributed by atoms with E-state index >= 15 is 0 Å². The zero-order valence-corrected chi connectivity index (χ0v) is 13.4. The predicted octanol–water partition coefficient (Wildman–Crippen LogP) is 2.96. The number of fused-ring (bicyclic) bond motifs is 1. The van der Waals surface area contributed by atoms with Crippen LogP contribution in [0.4, 0.5) is 11.5 Å². The highest BCUT2D eigenvalue weighted by atomic mass is 16.4. The molecule has 26 heavy (non-hydrogen) atoms. The Hall–Kier alpha value is -3.94. The van der Waals surface area contributed by atoms with Crippen LogP contribution in [0.25, 0.3) is 16.7 Å². The minimum atomic E-state index is -1.11. The standard InChI is InChI=1S/C18H13N5O3/c24-15-8-11(18(25)26)6-7-14(15)22-16-13-9-21-23(17(13)20-10-19-16)12-4-2-1-3-5-12/h1-10,24H,(H,25,26)(H,19,20,22). The minimum Gasteiger partial charge on any atom is -0.506 e. The Labute approximate surface area is 147 Å². The quantitative estimate of drug-likeness (QED) is 0.486. The van der Waals surface area contributed by atoms with Crippen LogP contribution in [0.3, 0.4) is 0 Å². The molecule has 0 spiro atoms. The van der Waals surface area contributed by atoms with Gasteiger partial charge in [0.1, 0.15) is 17.9 Å². The van der Waals surface area contributed by atoms with Crippen LogP contribution < -0.4 is 5.32 Å². The second-order valence-corrected chi connectivity index (χ2v) is 5.51. The molecule has 2 aromatic heterocycles. The van der Waals surface area contributed by atoms with Crippen molar-refractivity contribution in [3.63, 3.8) is 0 Å². The summed E-state index contributed by atoms with van der Waals surface area (Å²) in [5.74, 6) is -0.844. The second kappa shape index (κ2) is 6.17. The summed E-state index contributed by atoms with van der Waals surface area (Å²) in [6.07, 6.45) is 3.03. The fourth-order valence-corrected chi connectivity index (χ4v) is 2.60. The first kappa shape index (κ1) is 15.6. The van der Waals surface area contributed by atoms with Crippen molar-refractivity contribution in [3.8, 4) is 11.4 Å². The van der Waals surface area contributed by atoms with Gasteiger partial charge >= 0.3 is 5.97 Å². The van der Waals surface area contributed by atoms with Crippen molar-refractivity contribution in [3.05, 3.63) is 66.6 Å². The summed E-state index contributed by atoms with van der Waals surface area (Å²) >= 11 is 0. The van der Waals surface area contributed by atoms with Gasteiger partial charge in [-0.1, -0.05) is 18.2 Å². The molecule has 0 aliphatic carbocycles. The lowest BCUT2D eigenvalue weighted by atomic mass is 10.2. The molecule has 8 nitrogen and oxygen atoms in total. The third-order valence-corrected chi connectivity index (χ3v) is 3.86. The van der Waals surface area contributed by atoms with E-state index in [0.717, 1.165) is 5.69 Å². The maximum Gasteiger partial charge on any atom is 0.335 e. The number of carboxylic acids is 1. The molecule has 8 heteroatoms. The molecule has 0 bridgehead atoms. The van der Waals surface area contributed by atoms with E-state index in [9.17, 15) is 9.90 Å². The molecule has 128 valence electrons. The molecule has 0 radical (unpaired) electrons. The number of phenols is 1. The van der Waals surface area contributed by atoms with Gasteiger partial charge in [0.2, 0.25) is 0 Å². The summed E-state index contributed by atoms with van der Waals surface area (Å²) in [6, 6.07) is 13.6. The number of aromatic carboxylic acids is 1. The maximum atomic E-state index is 11.0. The fourth-order valence-electron chi connectivity index (χ4n) is 2.60. The van der Waals surface area contributed by atoms with E-state index in [1.807, 2.05) is 30.3 Å². The predicted molar refractivity (Wildman–Crippen MR) is 95.0 cm³/mol. The van der Waals surface area contributed by atoms with Crippen LogP contribution in [-0.2, 0) is 0 Å². The van der Waals surface area contributed by atoms with E-state index < -0.39 is 5.97 Å². The zero-order valence-electron chi connectivity index (χ0n) is 13.4. The lowest BCUT2D eigenvalue weighted by molar-refractivity contribution is 0.0696. The van der Waals surface area contributed by atoms with Gasteiger partial charge in [0, 0.05) is 0 Å². The summed E-state index contributed by atoms with van der Waals surface area (Å²) in [4.78, 5) is 19.5. The first-order chi connectivity index (χ1) is 12.6. The molecular formula is C18H13N5O3. The molecular weight excluding hydrogens is 334 g/mol. The lowest BCUT2D eigenvalue weighted by Crippen LogP contribution is -2.00. The Balaban J connectivity index is 1.74. The number of aromatic nitrogens is 4. The van der Waals surface area contributed by atoms with Gasteiger partial charge in [0.15, 0.2) is 5.65 Å². The number of carbonyl (C=O) groups is 1. The zero-order chi connectivity index (χ0) is 18.1. The third-order valence-electron chi connectivity index (χ3n) is 3.86. The molecule has 0 saturated heterocycles. The van der Waals surface area contributed by atoms with Crippen LogP contribution in [0.15, 0.2) is 61.1 Å². The molecule has 0 saturated carbocycles. The number of rotatable bonds is 4. The van der Waals surface area contributed by atoms with E-state index in [2.05, 4.69) is 20.4 Å². The second-order valence-electron chi connectivity index (χ2n) is 5.51. The van der Waals surface area contributed by atoms with Crippen molar-refractivity contribution >= 4 is 28.5 Å². The molecule has 3 N–H and O–H groups in total. The number of phenolic OH excluding ortho intramolecular Hbond substituents is 1. The van der Waals surface area contributed by atoms with Crippen LogP contribution >= 0.6 is 0 Å². The number of hydrogen-bond donors (Lipinski definition) is 3. The Morgan fingerprint density at radius 3 is 2.62 bits per heavy atom. The first-order valence-corrected chi connectivity index (χ1v) is 7.71. The number of nitrogens with zero attached hydrogens (tertiary/aromatic N) is 4. The fraction of sp³-hybridized carbons (Fsp3) is 0. The van der Waals surface area contributed by atoms with Crippen molar-refractivity contribution < 1.29 is 15.0 Å². The monoisotopic (exact) mass is 347 g/mol. The molecule has 2 heterocycles. The van der Waals surface area contributed by atoms with E-state index in [1.165, 1.54) is 24.5 Å². The average Bonchev–Trinajstić information content (AvgIpc) is 3.09. The maximum absolute atomic E-state index is 11.0. The number of aromatic hydroxyl groups is 1. The van der Waals surface area contributed by atoms with Crippen molar-refractivity contribution in [1.29, 1.82) is 0 Å². The smallest absolute Gasteiger partial charge is 0.335 e. The van der Waals surface area contributed by atoms with Gasteiger partial charge in [-0.05, 0) is 30.3 Å². The summed E-state index contributed by atoms with van der Waals surface area (Å²) in [6.45, 7) is 0. The minimum absolute atomic E-state index is 0.00205. The molecule has 0 atom stereocenters. The Morgan fingerprint density at radius 2 is 1.88 bits per heavy atom. The number of nitrogens with one attached hydrogen (secondary N) is 1. The van der Waals surface area contributed by atoms with E-state index in [4.69, 9.17) is 5.11 Å². The third kappa shape index (κ3) is 2.69. The molecule has 0 aliphatic heterocycles. The SMILES string of the molecule is O=C(O)c1ccc(Nc2ncnc3c2cnn3-c2ccccc2)c(O)c1. The topological polar surface area (TPSA) is 113 Å². The van der Waals surface area contributed by atoms with Crippen molar-refractivity contribution in [1.82, 2.24) is 19.7 Å². The first-order valence-electron chi connectivity index (χ1n) is 7.71. The van der Waals surface area contributed by atoms with Crippen molar-refractivity contribution in [2.24, 2.45) is 0 Å². The van der Waals surface area contributed by atoms with Gasteiger partial charge in [0.05, 0.1) is 28.5 Å². The summed E-state index contributed by atoms with van der Waals surface area (Å²) in [5.41, 5.74) is 1.80. The molecule has 4 aromatic rings. The average molecular weight is 347 g/mol. The van der Waals surface area contributed by atoms with Gasteiger partial charge in [-0.3, -0.25) is 0 Å². The Bertz CT molecular complexity index is 1110. The molecule has 0 aliphatic rings. The van der Waals surface area contributed by atoms with Crippen LogP contribution in [0.2, 0.25) is 0 Å². The molecule has 0 amide bonds. The van der Waals surface area contributed by atoms with Gasteiger partial charge < -0.3 is 15.5 Å².